The zero-order chi connectivity index (χ0) is 24.6. The minimum absolute atomic E-state index is 0.0513. The van der Waals surface area contributed by atoms with E-state index in [0.717, 1.165) is 22.3 Å². The van der Waals surface area contributed by atoms with Gasteiger partial charge in [-0.2, -0.15) is 0 Å². The predicted octanol–water partition coefficient (Wildman–Crippen LogP) is 4.71. The van der Waals surface area contributed by atoms with E-state index in [-0.39, 0.29) is 27.6 Å². The van der Waals surface area contributed by atoms with Crippen LogP contribution in [0.3, 0.4) is 0 Å². The first-order chi connectivity index (χ1) is 16.1. The Morgan fingerprint density at radius 3 is 2.21 bits per heavy atom. The van der Waals surface area contributed by atoms with Crippen LogP contribution in [-0.4, -0.2) is 18.9 Å². The fourth-order valence-electron chi connectivity index (χ4n) is 3.81. The quantitative estimate of drug-likeness (QED) is 0.454. The van der Waals surface area contributed by atoms with Crippen molar-refractivity contribution in [1.82, 2.24) is 4.57 Å². The van der Waals surface area contributed by atoms with Crippen molar-refractivity contribution in [3.05, 3.63) is 99.3 Å². The smallest absolute Gasteiger partial charge is 0.244 e. The minimum atomic E-state index is -4.10. The summed E-state index contributed by atoms with van der Waals surface area (Å²) in [6, 6.07) is 17.4. The maximum absolute atomic E-state index is 13.5. The van der Waals surface area contributed by atoms with Gasteiger partial charge in [-0.3, -0.25) is 9.59 Å². The fraction of sp³-hybridized carbons (Fsp3) is 0.185. The lowest BCUT2D eigenvalue weighted by molar-refractivity contribution is -0.116. The second-order valence-electron chi connectivity index (χ2n) is 8.63. The number of hydrogen-bond donors (Lipinski definition) is 1. The molecule has 1 heterocycles. The maximum Gasteiger partial charge on any atom is 0.244 e. The Labute approximate surface area is 198 Å². The van der Waals surface area contributed by atoms with Crippen molar-refractivity contribution >= 4 is 32.3 Å². The van der Waals surface area contributed by atoms with Crippen LogP contribution >= 0.6 is 0 Å². The second kappa shape index (κ2) is 8.91. The van der Waals surface area contributed by atoms with Crippen LogP contribution in [0.2, 0.25) is 0 Å². The monoisotopic (exact) mass is 474 g/mol. The average molecular weight is 475 g/mol. The molecule has 4 rings (SSSR count). The molecule has 1 N–H and O–H groups in total. The number of rotatable bonds is 5. The Morgan fingerprint density at radius 1 is 0.853 bits per heavy atom. The molecule has 0 aliphatic rings. The highest BCUT2D eigenvalue weighted by Crippen LogP contribution is 2.24. The Balaban J connectivity index is 1.83. The summed E-state index contributed by atoms with van der Waals surface area (Å²) in [6.45, 7) is 7.36. The fourth-order valence-corrected chi connectivity index (χ4v) is 5.26. The number of aromatic nitrogens is 1. The SMILES string of the molecule is Cc1ccc(NC(=O)Cn2cc(S(=O)(=O)c3ccc(C)c(C)c3)c(=O)c3cc(C)ccc32)cc1. The van der Waals surface area contributed by atoms with Gasteiger partial charge in [-0.1, -0.05) is 35.4 Å². The number of pyridine rings is 1. The number of aryl methyl sites for hydroxylation is 4. The van der Waals surface area contributed by atoms with E-state index in [0.29, 0.717) is 11.2 Å². The van der Waals surface area contributed by atoms with Gasteiger partial charge < -0.3 is 9.88 Å². The molecule has 3 aromatic carbocycles. The first-order valence-electron chi connectivity index (χ1n) is 10.9. The molecule has 0 bridgehead atoms. The van der Waals surface area contributed by atoms with E-state index >= 15 is 0 Å². The molecule has 0 atom stereocenters. The summed E-state index contributed by atoms with van der Waals surface area (Å²) in [5.74, 6) is -0.330. The molecule has 0 saturated heterocycles. The molecular formula is C27H26N2O4S. The van der Waals surface area contributed by atoms with E-state index in [2.05, 4.69) is 5.32 Å². The van der Waals surface area contributed by atoms with Gasteiger partial charge in [0.15, 0.2) is 0 Å². The number of nitrogens with one attached hydrogen (secondary N) is 1. The van der Waals surface area contributed by atoms with Crippen molar-refractivity contribution in [2.75, 3.05) is 5.32 Å². The van der Waals surface area contributed by atoms with Gasteiger partial charge in [-0.15, -0.1) is 0 Å². The van der Waals surface area contributed by atoms with Crippen molar-refractivity contribution in [1.29, 1.82) is 0 Å². The van der Waals surface area contributed by atoms with Crippen LogP contribution in [0.1, 0.15) is 22.3 Å². The van der Waals surface area contributed by atoms with Crippen molar-refractivity contribution < 1.29 is 13.2 Å². The third kappa shape index (κ3) is 4.52. The number of amides is 1. The molecule has 0 unspecified atom stereocenters. The standard InChI is InChI=1S/C27H26N2O4S/c1-17-5-9-21(10-6-17)28-26(30)16-29-15-25(27(31)23-13-18(2)7-12-24(23)29)34(32,33)22-11-8-19(3)20(4)14-22/h5-15H,16H2,1-4H3,(H,28,30). The van der Waals surface area contributed by atoms with E-state index in [1.807, 2.05) is 45.9 Å². The molecule has 6 nitrogen and oxygen atoms in total. The number of sulfone groups is 1. The van der Waals surface area contributed by atoms with E-state index in [1.54, 1.807) is 36.4 Å². The third-order valence-electron chi connectivity index (χ3n) is 5.93. The lowest BCUT2D eigenvalue weighted by atomic mass is 10.1. The first-order valence-corrected chi connectivity index (χ1v) is 12.4. The number of nitrogens with zero attached hydrogens (tertiary/aromatic N) is 1. The van der Waals surface area contributed by atoms with E-state index < -0.39 is 15.3 Å². The summed E-state index contributed by atoms with van der Waals surface area (Å²) in [6.07, 6.45) is 1.28. The van der Waals surface area contributed by atoms with E-state index in [4.69, 9.17) is 0 Å². The van der Waals surface area contributed by atoms with Crippen LogP contribution in [0.25, 0.3) is 10.9 Å². The predicted molar refractivity (Wildman–Crippen MR) is 134 cm³/mol. The van der Waals surface area contributed by atoms with Crippen LogP contribution in [0.15, 0.2) is 81.4 Å². The molecule has 0 spiro atoms. The Kier molecular flexibility index (Phi) is 6.15. The van der Waals surface area contributed by atoms with Gasteiger partial charge in [0.2, 0.25) is 21.2 Å². The molecule has 34 heavy (non-hydrogen) atoms. The van der Waals surface area contributed by atoms with Gasteiger partial charge in [0.1, 0.15) is 11.4 Å². The Morgan fingerprint density at radius 2 is 1.53 bits per heavy atom. The lowest BCUT2D eigenvalue weighted by Gasteiger charge is -2.15. The number of hydrogen-bond acceptors (Lipinski definition) is 4. The zero-order valence-corrected chi connectivity index (χ0v) is 20.4. The Bertz CT molecular complexity index is 1580. The molecule has 0 radical (unpaired) electrons. The largest absolute Gasteiger partial charge is 0.336 e. The maximum atomic E-state index is 13.5. The van der Waals surface area contributed by atoms with E-state index in [9.17, 15) is 18.0 Å². The number of carbonyl (C=O) groups is 1. The first kappa shape index (κ1) is 23.4. The van der Waals surface area contributed by atoms with Crippen molar-refractivity contribution in [2.24, 2.45) is 0 Å². The molecule has 1 aromatic heterocycles. The van der Waals surface area contributed by atoms with Gasteiger partial charge in [0.05, 0.1) is 10.4 Å². The topological polar surface area (TPSA) is 85.2 Å². The van der Waals surface area contributed by atoms with Gasteiger partial charge >= 0.3 is 0 Å². The lowest BCUT2D eigenvalue weighted by Crippen LogP contribution is -2.24. The summed E-state index contributed by atoms with van der Waals surface area (Å²) in [4.78, 5) is 25.8. The summed E-state index contributed by atoms with van der Waals surface area (Å²) in [7, 11) is -4.10. The summed E-state index contributed by atoms with van der Waals surface area (Å²) in [5, 5.41) is 3.08. The van der Waals surface area contributed by atoms with Gasteiger partial charge in [-0.25, -0.2) is 8.42 Å². The summed E-state index contributed by atoms with van der Waals surface area (Å²) < 4.78 is 28.5. The highest BCUT2D eigenvalue weighted by molar-refractivity contribution is 7.91. The summed E-state index contributed by atoms with van der Waals surface area (Å²) in [5.41, 5.74) is 4.22. The van der Waals surface area contributed by atoms with Crippen LogP contribution < -0.4 is 10.7 Å². The van der Waals surface area contributed by atoms with Crippen molar-refractivity contribution in [3.8, 4) is 0 Å². The minimum Gasteiger partial charge on any atom is -0.336 e. The molecule has 0 aliphatic carbocycles. The molecule has 0 fully saturated rings. The number of anilines is 1. The van der Waals surface area contributed by atoms with Crippen molar-refractivity contribution in [2.45, 2.75) is 44.0 Å². The molecule has 0 aliphatic heterocycles. The van der Waals surface area contributed by atoms with Crippen LogP contribution in [0.5, 0.6) is 0 Å². The third-order valence-corrected chi connectivity index (χ3v) is 7.67. The second-order valence-corrected chi connectivity index (χ2v) is 10.6. The molecule has 4 aromatic rings. The number of fused-ring (bicyclic) bond motifs is 1. The summed E-state index contributed by atoms with van der Waals surface area (Å²) >= 11 is 0. The average Bonchev–Trinajstić information content (AvgIpc) is 2.79. The van der Waals surface area contributed by atoms with Crippen LogP contribution in [-0.2, 0) is 21.2 Å². The van der Waals surface area contributed by atoms with Gasteiger partial charge in [-0.05, 0) is 75.2 Å². The van der Waals surface area contributed by atoms with Crippen LogP contribution in [0, 0.1) is 27.7 Å². The number of carbonyl (C=O) groups excluding carboxylic acids is 1. The molecule has 1 amide bonds. The highest BCUT2D eigenvalue weighted by Gasteiger charge is 2.25. The molecule has 0 saturated carbocycles. The van der Waals surface area contributed by atoms with Gasteiger partial charge in [0, 0.05) is 17.3 Å². The highest BCUT2D eigenvalue weighted by atomic mass is 32.2. The molecule has 174 valence electrons. The zero-order valence-electron chi connectivity index (χ0n) is 19.5. The number of benzene rings is 3. The molecule has 7 heteroatoms. The van der Waals surface area contributed by atoms with E-state index in [1.165, 1.54) is 16.8 Å². The van der Waals surface area contributed by atoms with Crippen molar-refractivity contribution in [3.63, 3.8) is 0 Å². The van der Waals surface area contributed by atoms with Gasteiger partial charge in [0.25, 0.3) is 0 Å². The van der Waals surface area contributed by atoms with Crippen LogP contribution in [0.4, 0.5) is 5.69 Å². The Hall–Kier alpha value is -3.71. The molecular weight excluding hydrogens is 448 g/mol. The normalized spacial score (nSPS) is 11.5.